The van der Waals surface area contributed by atoms with E-state index >= 15 is 0 Å². The summed E-state index contributed by atoms with van der Waals surface area (Å²) in [5.41, 5.74) is 4.05. The van der Waals surface area contributed by atoms with Crippen LogP contribution in [0.3, 0.4) is 0 Å². The van der Waals surface area contributed by atoms with Gasteiger partial charge in [0.05, 0.1) is 0 Å². The van der Waals surface area contributed by atoms with Gasteiger partial charge >= 0.3 is 0 Å². The van der Waals surface area contributed by atoms with Crippen molar-refractivity contribution in [2.24, 2.45) is 0 Å². The molecule has 0 heterocycles. The fraction of sp³-hybridized carbons (Fsp3) is 0.333. The van der Waals surface area contributed by atoms with Gasteiger partial charge in [0, 0.05) is 5.02 Å². The standard InChI is InChI=1S/C15H17Cl/c1-2-6-12-7-4-3-5-8-13-9-10-14(16)11-15(12)13/h5,7-11H,2-4,6H2,1H3/b8-5-,12-7-. The van der Waals surface area contributed by atoms with E-state index in [0.29, 0.717) is 0 Å². The molecular weight excluding hydrogens is 216 g/mol. The van der Waals surface area contributed by atoms with Crippen molar-refractivity contribution >= 4 is 23.3 Å². The van der Waals surface area contributed by atoms with Crippen LogP contribution in [0.5, 0.6) is 0 Å². The Morgan fingerprint density at radius 3 is 2.94 bits per heavy atom. The Morgan fingerprint density at radius 1 is 1.25 bits per heavy atom. The van der Waals surface area contributed by atoms with E-state index in [2.05, 4.69) is 37.3 Å². The molecule has 0 N–H and O–H groups in total. The van der Waals surface area contributed by atoms with E-state index in [1.807, 2.05) is 6.07 Å². The van der Waals surface area contributed by atoms with Gasteiger partial charge in [-0.1, -0.05) is 49.2 Å². The average Bonchev–Trinajstić information content (AvgIpc) is 2.26. The summed E-state index contributed by atoms with van der Waals surface area (Å²) in [7, 11) is 0. The molecule has 0 fully saturated rings. The molecule has 0 nitrogen and oxygen atoms in total. The predicted octanol–water partition coefficient (Wildman–Crippen LogP) is 5.33. The summed E-state index contributed by atoms with van der Waals surface area (Å²) >= 11 is 6.08. The first kappa shape index (κ1) is 11.5. The lowest BCUT2D eigenvalue weighted by atomic mass is 9.93. The topological polar surface area (TPSA) is 0 Å². The molecule has 0 saturated heterocycles. The van der Waals surface area contributed by atoms with E-state index in [0.717, 1.165) is 24.3 Å². The number of hydrogen-bond acceptors (Lipinski definition) is 0. The fourth-order valence-electron chi connectivity index (χ4n) is 2.13. The van der Waals surface area contributed by atoms with Crippen LogP contribution >= 0.6 is 11.6 Å². The fourth-order valence-corrected chi connectivity index (χ4v) is 2.30. The van der Waals surface area contributed by atoms with E-state index in [4.69, 9.17) is 11.6 Å². The van der Waals surface area contributed by atoms with Crippen molar-refractivity contribution in [3.63, 3.8) is 0 Å². The second-order valence-electron chi connectivity index (χ2n) is 4.19. The lowest BCUT2D eigenvalue weighted by molar-refractivity contribution is 0.957. The first-order valence-corrected chi connectivity index (χ1v) is 6.34. The zero-order chi connectivity index (χ0) is 11.4. The predicted molar refractivity (Wildman–Crippen MR) is 72.6 cm³/mol. The molecule has 1 aliphatic rings. The van der Waals surface area contributed by atoms with Crippen LogP contribution in [0.2, 0.25) is 5.02 Å². The molecule has 16 heavy (non-hydrogen) atoms. The van der Waals surface area contributed by atoms with Crippen LogP contribution in [0.1, 0.15) is 43.7 Å². The third-order valence-electron chi connectivity index (χ3n) is 2.90. The van der Waals surface area contributed by atoms with Crippen molar-refractivity contribution in [1.29, 1.82) is 0 Å². The molecule has 1 aliphatic carbocycles. The third-order valence-corrected chi connectivity index (χ3v) is 3.14. The second-order valence-corrected chi connectivity index (χ2v) is 4.63. The Balaban J connectivity index is 2.48. The summed E-state index contributed by atoms with van der Waals surface area (Å²) in [6.07, 6.45) is 11.4. The van der Waals surface area contributed by atoms with Crippen LogP contribution in [0.4, 0.5) is 0 Å². The minimum absolute atomic E-state index is 0.828. The zero-order valence-corrected chi connectivity index (χ0v) is 10.4. The van der Waals surface area contributed by atoms with Crippen molar-refractivity contribution in [2.45, 2.75) is 32.6 Å². The minimum Gasteiger partial charge on any atom is -0.0843 e. The van der Waals surface area contributed by atoms with Gasteiger partial charge in [0.15, 0.2) is 0 Å². The molecule has 0 aliphatic heterocycles. The Labute approximate surface area is 103 Å². The van der Waals surface area contributed by atoms with Crippen LogP contribution in [0.25, 0.3) is 11.6 Å². The number of hydrogen-bond donors (Lipinski definition) is 0. The van der Waals surface area contributed by atoms with Gasteiger partial charge in [-0.15, -0.1) is 0 Å². The maximum atomic E-state index is 6.08. The molecule has 84 valence electrons. The van der Waals surface area contributed by atoms with Gasteiger partial charge in [-0.05, 0) is 48.1 Å². The number of allylic oxidation sites excluding steroid dienone is 3. The van der Waals surface area contributed by atoms with E-state index < -0.39 is 0 Å². The Hall–Kier alpha value is -1.01. The molecule has 0 aromatic heterocycles. The monoisotopic (exact) mass is 232 g/mol. The number of rotatable bonds is 2. The van der Waals surface area contributed by atoms with Crippen LogP contribution in [0.15, 0.2) is 30.4 Å². The van der Waals surface area contributed by atoms with Gasteiger partial charge in [-0.2, -0.15) is 0 Å². The van der Waals surface area contributed by atoms with Crippen molar-refractivity contribution in [2.75, 3.05) is 0 Å². The minimum atomic E-state index is 0.828. The van der Waals surface area contributed by atoms with Crippen LogP contribution < -0.4 is 0 Å². The van der Waals surface area contributed by atoms with Gasteiger partial charge in [-0.3, -0.25) is 0 Å². The zero-order valence-electron chi connectivity index (χ0n) is 9.67. The molecule has 0 spiro atoms. The summed E-state index contributed by atoms with van der Waals surface area (Å²) < 4.78 is 0. The highest BCUT2D eigenvalue weighted by molar-refractivity contribution is 6.30. The quantitative estimate of drug-likeness (QED) is 0.647. The van der Waals surface area contributed by atoms with Crippen molar-refractivity contribution < 1.29 is 0 Å². The first-order valence-electron chi connectivity index (χ1n) is 5.96. The lowest BCUT2D eigenvalue weighted by Crippen LogP contribution is -1.92. The van der Waals surface area contributed by atoms with Crippen molar-refractivity contribution in [3.05, 3.63) is 46.5 Å². The van der Waals surface area contributed by atoms with Gasteiger partial charge in [0.2, 0.25) is 0 Å². The Morgan fingerprint density at radius 2 is 2.12 bits per heavy atom. The maximum Gasteiger partial charge on any atom is 0.0412 e. The molecule has 1 aromatic carbocycles. The van der Waals surface area contributed by atoms with Crippen LogP contribution in [0, 0.1) is 0 Å². The van der Waals surface area contributed by atoms with E-state index in [1.54, 1.807) is 0 Å². The number of halogens is 1. The van der Waals surface area contributed by atoms with E-state index in [9.17, 15) is 0 Å². The van der Waals surface area contributed by atoms with Crippen molar-refractivity contribution in [3.8, 4) is 0 Å². The third kappa shape index (κ3) is 2.56. The highest BCUT2D eigenvalue weighted by Gasteiger charge is 2.07. The van der Waals surface area contributed by atoms with Gasteiger partial charge < -0.3 is 0 Å². The highest BCUT2D eigenvalue weighted by Crippen LogP contribution is 2.29. The second kappa shape index (κ2) is 5.36. The Kier molecular flexibility index (Phi) is 3.84. The van der Waals surface area contributed by atoms with Gasteiger partial charge in [-0.25, -0.2) is 0 Å². The van der Waals surface area contributed by atoms with E-state index in [1.165, 1.54) is 23.1 Å². The lowest BCUT2D eigenvalue weighted by Gasteiger charge is -2.13. The molecule has 1 heteroatoms. The van der Waals surface area contributed by atoms with Crippen LogP contribution in [-0.4, -0.2) is 0 Å². The molecule has 0 bridgehead atoms. The molecule has 0 unspecified atom stereocenters. The maximum absolute atomic E-state index is 6.08. The van der Waals surface area contributed by atoms with Gasteiger partial charge in [0.25, 0.3) is 0 Å². The largest absolute Gasteiger partial charge is 0.0843 e. The molecule has 0 amide bonds. The average molecular weight is 233 g/mol. The highest BCUT2D eigenvalue weighted by atomic mass is 35.5. The molecule has 2 rings (SSSR count). The number of fused-ring (bicyclic) bond motifs is 1. The normalized spacial score (nSPS) is 20.2. The van der Waals surface area contributed by atoms with Crippen LogP contribution in [-0.2, 0) is 0 Å². The molecule has 0 radical (unpaired) electrons. The summed E-state index contributed by atoms with van der Waals surface area (Å²) in [6, 6.07) is 6.17. The van der Waals surface area contributed by atoms with Gasteiger partial charge in [0.1, 0.15) is 0 Å². The molecule has 0 saturated carbocycles. The molecular formula is C15H17Cl. The summed E-state index contributed by atoms with van der Waals surface area (Å²) in [5, 5.41) is 0.828. The molecule has 1 aromatic rings. The summed E-state index contributed by atoms with van der Waals surface area (Å²) in [6.45, 7) is 2.22. The smallest absolute Gasteiger partial charge is 0.0412 e. The summed E-state index contributed by atoms with van der Waals surface area (Å²) in [4.78, 5) is 0. The molecule has 0 atom stereocenters. The SMILES string of the molecule is CCC/C1=C/CC/C=C\c2ccc(Cl)cc21. The first-order chi connectivity index (χ1) is 7.81. The Bertz CT molecular complexity index is 427. The summed E-state index contributed by atoms with van der Waals surface area (Å²) in [5.74, 6) is 0. The van der Waals surface area contributed by atoms with E-state index in [-0.39, 0.29) is 0 Å². The van der Waals surface area contributed by atoms with Crippen molar-refractivity contribution in [1.82, 2.24) is 0 Å². The number of benzene rings is 1.